The molecule has 5 nitrogen and oxygen atoms in total. The maximum Gasteiger partial charge on any atom is 0.245 e. The van der Waals surface area contributed by atoms with Crippen LogP contribution in [0.1, 0.15) is 32.6 Å². The number of likely N-dealkylation sites (N-methyl/N-ethyl adjacent to an activating group) is 1. The van der Waals surface area contributed by atoms with Crippen molar-refractivity contribution in [1.82, 2.24) is 14.5 Å². The first-order valence-electron chi connectivity index (χ1n) is 5.37. The molecule has 86 valence electrons. The summed E-state index contributed by atoms with van der Waals surface area (Å²) < 4.78 is 1.60. The van der Waals surface area contributed by atoms with Gasteiger partial charge in [0.1, 0.15) is 12.1 Å². The summed E-state index contributed by atoms with van der Waals surface area (Å²) in [6.07, 6.45) is 3.19. The third-order valence-corrected chi connectivity index (χ3v) is 2.62. The molecule has 0 fully saturated rings. The van der Waals surface area contributed by atoms with Gasteiger partial charge < -0.3 is 9.47 Å². The number of hydrogen-bond donors (Lipinski definition) is 0. The van der Waals surface area contributed by atoms with E-state index in [0.29, 0.717) is 13.1 Å². The first-order valence-corrected chi connectivity index (χ1v) is 5.37. The molecule has 1 aromatic rings. The van der Waals surface area contributed by atoms with Crippen LogP contribution >= 0.6 is 0 Å². The Hall–Kier alpha value is -1.83. The molecule has 16 heavy (non-hydrogen) atoms. The van der Waals surface area contributed by atoms with E-state index in [0.717, 1.165) is 0 Å². The Bertz CT molecular complexity index is 400. The highest BCUT2D eigenvalue weighted by molar-refractivity contribution is 5.80. The Kier molecular flexibility index (Phi) is 4.06. The number of amides is 1. The van der Waals surface area contributed by atoms with Crippen LogP contribution in [-0.4, -0.2) is 33.4 Å². The molecule has 1 aromatic heterocycles. The number of nitriles is 1. The van der Waals surface area contributed by atoms with Gasteiger partial charge in [0.25, 0.3) is 0 Å². The highest BCUT2D eigenvalue weighted by atomic mass is 16.2. The molecule has 1 rings (SSSR count). The van der Waals surface area contributed by atoms with Gasteiger partial charge in [0.05, 0.1) is 0 Å². The fourth-order valence-corrected chi connectivity index (χ4v) is 1.63. The SMILES string of the molecule is CCN(CC)C(=O)C(C)n1ccnc1C#N. The fourth-order valence-electron chi connectivity index (χ4n) is 1.63. The topological polar surface area (TPSA) is 61.9 Å². The van der Waals surface area contributed by atoms with Gasteiger partial charge in [-0.3, -0.25) is 4.79 Å². The molecule has 0 aromatic carbocycles. The van der Waals surface area contributed by atoms with Crippen LogP contribution in [0.4, 0.5) is 0 Å². The van der Waals surface area contributed by atoms with Crippen molar-refractivity contribution < 1.29 is 4.79 Å². The zero-order valence-electron chi connectivity index (χ0n) is 9.84. The maximum atomic E-state index is 12.0. The Labute approximate surface area is 95.3 Å². The Morgan fingerprint density at radius 1 is 1.62 bits per heavy atom. The highest BCUT2D eigenvalue weighted by Crippen LogP contribution is 2.12. The molecule has 1 amide bonds. The number of aromatic nitrogens is 2. The van der Waals surface area contributed by atoms with Crippen molar-refractivity contribution in [2.75, 3.05) is 13.1 Å². The summed E-state index contributed by atoms with van der Waals surface area (Å²) in [5.41, 5.74) is 0. The van der Waals surface area contributed by atoms with E-state index in [-0.39, 0.29) is 17.8 Å². The van der Waals surface area contributed by atoms with E-state index in [4.69, 9.17) is 5.26 Å². The summed E-state index contributed by atoms with van der Waals surface area (Å²) in [4.78, 5) is 17.7. The van der Waals surface area contributed by atoms with Crippen LogP contribution in [0.3, 0.4) is 0 Å². The van der Waals surface area contributed by atoms with Gasteiger partial charge in [0.2, 0.25) is 11.7 Å². The summed E-state index contributed by atoms with van der Waals surface area (Å²) in [5.74, 6) is 0.285. The van der Waals surface area contributed by atoms with Gasteiger partial charge in [0, 0.05) is 25.5 Å². The van der Waals surface area contributed by atoms with Gasteiger partial charge in [-0.2, -0.15) is 5.26 Å². The summed E-state index contributed by atoms with van der Waals surface area (Å²) in [6, 6.07) is 1.59. The largest absolute Gasteiger partial charge is 0.341 e. The standard InChI is InChI=1S/C11H16N4O/c1-4-14(5-2)11(16)9(3)15-7-6-13-10(15)8-12/h6-7,9H,4-5H2,1-3H3. The number of hydrogen-bond acceptors (Lipinski definition) is 3. The maximum absolute atomic E-state index is 12.0. The third kappa shape index (κ3) is 2.22. The van der Waals surface area contributed by atoms with Crippen molar-refractivity contribution in [3.05, 3.63) is 18.2 Å². The molecule has 0 aliphatic rings. The zero-order valence-corrected chi connectivity index (χ0v) is 9.84. The fraction of sp³-hybridized carbons (Fsp3) is 0.545. The smallest absolute Gasteiger partial charge is 0.245 e. The van der Waals surface area contributed by atoms with Gasteiger partial charge in [0.15, 0.2) is 0 Å². The molecular weight excluding hydrogens is 204 g/mol. The van der Waals surface area contributed by atoms with Crippen LogP contribution in [0.5, 0.6) is 0 Å². The number of rotatable bonds is 4. The Morgan fingerprint density at radius 3 is 2.75 bits per heavy atom. The zero-order chi connectivity index (χ0) is 12.1. The highest BCUT2D eigenvalue weighted by Gasteiger charge is 2.21. The molecule has 0 N–H and O–H groups in total. The molecule has 0 spiro atoms. The first kappa shape index (κ1) is 12.2. The van der Waals surface area contributed by atoms with Gasteiger partial charge in [-0.1, -0.05) is 0 Å². The minimum atomic E-state index is -0.378. The summed E-state index contributed by atoms with van der Waals surface area (Å²) in [7, 11) is 0. The normalized spacial score (nSPS) is 11.9. The van der Waals surface area contributed by atoms with E-state index in [1.54, 1.807) is 22.6 Å². The van der Waals surface area contributed by atoms with Crippen molar-refractivity contribution >= 4 is 5.91 Å². The number of imidazole rings is 1. The second kappa shape index (κ2) is 5.31. The monoisotopic (exact) mass is 220 g/mol. The van der Waals surface area contributed by atoms with Gasteiger partial charge in [-0.25, -0.2) is 4.98 Å². The lowest BCUT2D eigenvalue weighted by Crippen LogP contribution is -2.36. The molecule has 1 heterocycles. The molecule has 0 aliphatic carbocycles. The van der Waals surface area contributed by atoms with Crippen molar-refractivity contribution in [3.63, 3.8) is 0 Å². The van der Waals surface area contributed by atoms with Gasteiger partial charge in [-0.15, -0.1) is 0 Å². The molecule has 0 saturated carbocycles. The second-order valence-electron chi connectivity index (χ2n) is 3.46. The van der Waals surface area contributed by atoms with Crippen molar-refractivity contribution in [2.24, 2.45) is 0 Å². The molecule has 0 saturated heterocycles. The minimum absolute atomic E-state index is 0.0134. The van der Waals surface area contributed by atoms with E-state index < -0.39 is 0 Å². The molecule has 0 aliphatic heterocycles. The Balaban J connectivity index is 2.90. The van der Waals surface area contributed by atoms with E-state index in [2.05, 4.69) is 4.98 Å². The van der Waals surface area contributed by atoms with Crippen molar-refractivity contribution in [1.29, 1.82) is 5.26 Å². The molecule has 1 unspecified atom stereocenters. The van der Waals surface area contributed by atoms with Crippen LogP contribution in [0.25, 0.3) is 0 Å². The average molecular weight is 220 g/mol. The van der Waals surface area contributed by atoms with Gasteiger partial charge in [-0.05, 0) is 20.8 Å². The van der Waals surface area contributed by atoms with E-state index in [1.807, 2.05) is 19.9 Å². The van der Waals surface area contributed by atoms with Crippen LogP contribution in [0, 0.1) is 11.3 Å². The van der Waals surface area contributed by atoms with E-state index in [1.165, 1.54) is 6.20 Å². The molecule has 0 bridgehead atoms. The third-order valence-electron chi connectivity index (χ3n) is 2.62. The lowest BCUT2D eigenvalue weighted by molar-refractivity contribution is -0.133. The van der Waals surface area contributed by atoms with Crippen molar-refractivity contribution in [2.45, 2.75) is 26.8 Å². The summed E-state index contributed by atoms with van der Waals surface area (Å²) in [6.45, 7) is 7.01. The molecule has 0 radical (unpaired) electrons. The molecule has 5 heteroatoms. The van der Waals surface area contributed by atoms with Crippen molar-refractivity contribution in [3.8, 4) is 6.07 Å². The second-order valence-corrected chi connectivity index (χ2v) is 3.46. The van der Waals surface area contributed by atoms with Crippen LogP contribution < -0.4 is 0 Å². The van der Waals surface area contributed by atoms with Crippen LogP contribution in [0.2, 0.25) is 0 Å². The lowest BCUT2D eigenvalue weighted by Gasteiger charge is -2.23. The van der Waals surface area contributed by atoms with Gasteiger partial charge >= 0.3 is 0 Å². The predicted molar refractivity (Wildman–Crippen MR) is 59.6 cm³/mol. The lowest BCUT2D eigenvalue weighted by atomic mass is 10.2. The van der Waals surface area contributed by atoms with E-state index in [9.17, 15) is 4.79 Å². The predicted octanol–water partition coefficient (Wildman–Crippen LogP) is 1.18. The molecule has 1 atom stereocenters. The molecular formula is C11H16N4O. The quantitative estimate of drug-likeness (QED) is 0.765. The van der Waals surface area contributed by atoms with Crippen LogP contribution in [0.15, 0.2) is 12.4 Å². The van der Waals surface area contributed by atoms with E-state index >= 15 is 0 Å². The average Bonchev–Trinajstić information content (AvgIpc) is 2.77. The Morgan fingerprint density at radius 2 is 2.25 bits per heavy atom. The minimum Gasteiger partial charge on any atom is -0.341 e. The number of nitrogens with zero attached hydrogens (tertiary/aromatic N) is 4. The summed E-state index contributed by atoms with van der Waals surface area (Å²) >= 11 is 0. The summed E-state index contributed by atoms with van der Waals surface area (Å²) in [5, 5.41) is 8.83. The number of carbonyl (C=O) groups excluding carboxylic acids is 1. The van der Waals surface area contributed by atoms with Crippen LogP contribution in [-0.2, 0) is 4.79 Å². The number of carbonyl (C=O) groups is 1. The first-order chi connectivity index (χ1) is 7.65.